The van der Waals surface area contributed by atoms with Gasteiger partial charge in [0.25, 0.3) is 11.8 Å². The molecular formula is C32H34N8O3S. The number of anilines is 2. The van der Waals surface area contributed by atoms with Gasteiger partial charge in [-0.05, 0) is 92.1 Å². The van der Waals surface area contributed by atoms with Gasteiger partial charge in [0.2, 0.25) is 5.16 Å². The number of aryl methyl sites for hydroxylation is 2. The largest absolute Gasteiger partial charge is 0.483 e. The molecule has 4 aromatic rings. The summed E-state index contributed by atoms with van der Waals surface area (Å²) in [4.78, 5) is 30.9. The third-order valence-electron chi connectivity index (χ3n) is 7.67. The number of likely N-dealkylation sites (N-methyl/N-ethyl adjacent to an activating group) is 1. The van der Waals surface area contributed by atoms with Crippen LogP contribution < -0.4 is 14.6 Å². The Bertz CT molecular complexity index is 1670. The zero-order valence-electron chi connectivity index (χ0n) is 25.0. The average molecular weight is 611 g/mol. The van der Waals surface area contributed by atoms with Crippen LogP contribution in [0, 0.1) is 13.8 Å². The number of carbonyl (C=O) groups is 2. The van der Waals surface area contributed by atoms with Gasteiger partial charge in [-0.2, -0.15) is 14.8 Å². The Labute approximate surface area is 260 Å². The van der Waals surface area contributed by atoms with Crippen molar-refractivity contribution in [2.45, 2.75) is 44.0 Å². The summed E-state index contributed by atoms with van der Waals surface area (Å²) in [6.45, 7) is 8.00. The number of hydrogen-bond donors (Lipinski definition) is 0. The number of carbonyl (C=O) groups excluding carboxylic acids is 2. The summed E-state index contributed by atoms with van der Waals surface area (Å²) in [6.07, 6.45) is 2.10. The fourth-order valence-electron chi connectivity index (χ4n) is 5.43. The zero-order valence-corrected chi connectivity index (χ0v) is 25.8. The summed E-state index contributed by atoms with van der Waals surface area (Å²) in [5, 5.41) is 18.4. The maximum Gasteiger partial charge on any atom is 0.268 e. The third kappa shape index (κ3) is 6.02. The van der Waals surface area contributed by atoms with Gasteiger partial charge in [-0.3, -0.25) is 9.59 Å². The summed E-state index contributed by atoms with van der Waals surface area (Å²) >= 11 is 1.30. The Hall–Kier alpha value is -4.71. The van der Waals surface area contributed by atoms with Crippen LogP contribution in [0.5, 0.6) is 5.75 Å². The van der Waals surface area contributed by atoms with Crippen LogP contribution in [0.15, 0.2) is 83.1 Å². The zero-order chi connectivity index (χ0) is 30.6. The van der Waals surface area contributed by atoms with E-state index in [1.54, 1.807) is 9.58 Å². The lowest BCUT2D eigenvalue weighted by atomic mass is 10.1. The molecular weight excluding hydrogens is 576 g/mol. The van der Waals surface area contributed by atoms with Gasteiger partial charge in [-0.15, -0.1) is 5.10 Å². The summed E-state index contributed by atoms with van der Waals surface area (Å²) in [6, 6.07) is 22.8. The van der Waals surface area contributed by atoms with Gasteiger partial charge in [0.05, 0.1) is 11.4 Å². The number of tetrazole rings is 1. The van der Waals surface area contributed by atoms with E-state index in [1.165, 1.54) is 16.8 Å². The second-order valence-corrected chi connectivity index (χ2v) is 11.8. The fourth-order valence-corrected chi connectivity index (χ4v) is 6.47. The Morgan fingerprint density at radius 3 is 2.45 bits per heavy atom. The Kier molecular flexibility index (Phi) is 8.60. The predicted octanol–water partition coefficient (Wildman–Crippen LogP) is 4.63. The Morgan fingerprint density at radius 2 is 1.75 bits per heavy atom. The second-order valence-electron chi connectivity index (χ2n) is 10.7. The monoisotopic (exact) mass is 610 g/mol. The number of hydrazone groups is 1. The molecule has 0 saturated carbocycles. The molecule has 1 unspecified atom stereocenters. The molecule has 44 heavy (non-hydrogen) atoms. The lowest BCUT2D eigenvalue weighted by Gasteiger charge is -2.22. The van der Waals surface area contributed by atoms with Crippen LogP contribution in [-0.4, -0.2) is 74.2 Å². The van der Waals surface area contributed by atoms with Gasteiger partial charge in [-0.25, -0.2) is 0 Å². The first-order valence-corrected chi connectivity index (χ1v) is 15.6. The number of thioether (sulfide) groups is 1. The van der Waals surface area contributed by atoms with Crippen molar-refractivity contribution in [1.29, 1.82) is 0 Å². The Morgan fingerprint density at radius 1 is 1.00 bits per heavy atom. The summed E-state index contributed by atoms with van der Waals surface area (Å²) in [5.74, 6) is 1.08. The molecule has 1 saturated heterocycles. The van der Waals surface area contributed by atoms with Crippen LogP contribution in [0.2, 0.25) is 0 Å². The topological polar surface area (TPSA) is 109 Å². The fraction of sp³-hybridized carbons (Fsp3) is 0.312. The van der Waals surface area contributed by atoms with Crippen LogP contribution >= 0.6 is 11.8 Å². The van der Waals surface area contributed by atoms with Gasteiger partial charge in [-0.1, -0.05) is 47.7 Å². The predicted molar refractivity (Wildman–Crippen MR) is 170 cm³/mol. The van der Waals surface area contributed by atoms with Crippen LogP contribution in [0.4, 0.5) is 11.4 Å². The number of likely N-dealkylation sites (tertiary alicyclic amines) is 1. The van der Waals surface area contributed by atoms with Crippen molar-refractivity contribution in [3.05, 3.63) is 83.9 Å². The van der Waals surface area contributed by atoms with E-state index in [9.17, 15) is 9.59 Å². The standard InChI is InChI=1S/C32H34N8O3S/c1-4-38(28(41)21-43-27-17-12-22(2)20-23(27)3)24-13-15-26(16-14-24)39-31(42)29(30(34-39)37-18-8-9-19-37)44-32-33-35-36-40(32)25-10-6-5-7-11-25/h5-7,10-17,20,29H,4,8-9,18-19,21H2,1-3H3. The Balaban J connectivity index is 1.19. The molecule has 1 aromatic heterocycles. The van der Waals surface area contributed by atoms with Crippen molar-refractivity contribution >= 4 is 40.8 Å². The van der Waals surface area contributed by atoms with Gasteiger partial charge < -0.3 is 14.5 Å². The van der Waals surface area contributed by atoms with Crippen molar-refractivity contribution in [1.82, 2.24) is 25.1 Å². The average Bonchev–Trinajstić information content (AvgIpc) is 3.80. The van der Waals surface area contributed by atoms with Gasteiger partial charge >= 0.3 is 0 Å². The number of benzene rings is 3. The van der Waals surface area contributed by atoms with Crippen LogP contribution in [0.3, 0.4) is 0 Å². The highest BCUT2D eigenvalue weighted by Crippen LogP contribution is 2.34. The number of amides is 2. The molecule has 3 heterocycles. The van der Waals surface area contributed by atoms with Gasteiger partial charge in [0.15, 0.2) is 11.9 Å². The van der Waals surface area contributed by atoms with E-state index in [2.05, 4.69) is 20.4 Å². The third-order valence-corrected chi connectivity index (χ3v) is 8.78. The van der Waals surface area contributed by atoms with E-state index in [0.29, 0.717) is 34.7 Å². The minimum Gasteiger partial charge on any atom is -0.483 e. The first kappa shape index (κ1) is 29.4. The number of aromatic nitrogens is 4. The van der Waals surface area contributed by atoms with Crippen molar-refractivity contribution in [2.75, 3.05) is 36.1 Å². The summed E-state index contributed by atoms with van der Waals surface area (Å²) in [5.41, 5.74) is 4.28. The maximum atomic E-state index is 13.9. The second kappa shape index (κ2) is 12.9. The molecule has 2 aliphatic heterocycles. The number of para-hydroxylation sites is 1. The molecule has 3 aromatic carbocycles. The van der Waals surface area contributed by atoms with Crippen molar-refractivity contribution in [3.8, 4) is 11.4 Å². The first-order valence-electron chi connectivity index (χ1n) is 14.7. The number of hydrogen-bond acceptors (Lipinski definition) is 9. The lowest BCUT2D eigenvalue weighted by Crippen LogP contribution is -2.37. The van der Waals surface area contributed by atoms with Gasteiger partial charge in [0, 0.05) is 25.3 Å². The van der Waals surface area contributed by atoms with E-state index in [0.717, 1.165) is 42.7 Å². The number of nitrogens with zero attached hydrogens (tertiary/aromatic N) is 8. The van der Waals surface area contributed by atoms with E-state index in [4.69, 9.17) is 9.84 Å². The molecule has 6 rings (SSSR count). The molecule has 2 amide bonds. The summed E-state index contributed by atoms with van der Waals surface area (Å²) in [7, 11) is 0. The molecule has 0 N–H and O–H groups in total. The number of rotatable bonds is 9. The highest BCUT2D eigenvalue weighted by molar-refractivity contribution is 8.01. The van der Waals surface area contributed by atoms with E-state index in [-0.39, 0.29) is 18.4 Å². The van der Waals surface area contributed by atoms with E-state index >= 15 is 0 Å². The normalized spacial score (nSPS) is 16.4. The number of amidine groups is 1. The SMILES string of the molecule is CCN(C(=O)COc1ccc(C)cc1C)c1ccc(N2N=C(N3CCCC3)C(Sc3nnnn3-c3ccccc3)C2=O)cc1. The van der Waals surface area contributed by atoms with Gasteiger partial charge in [0.1, 0.15) is 11.6 Å². The molecule has 11 nitrogen and oxygen atoms in total. The quantitative estimate of drug-likeness (QED) is 0.270. The van der Waals surface area contributed by atoms with Crippen molar-refractivity contribution in [3.63, 3.8) is 0 Å². The highest BCUT2D eigenvalue weighted by atomic mass is 32.2. The van der Waals surface area contributed by atoms with E-state index < -0.39 is 5.25 Å². The first-order chi connectivity index (χ1) is 21.4. The molecule has 12 heteroatoms. The molecule has 0 spiro atoms. The minimum atomic E-state index is -0.600. The lowest BCUT2D eigenvalue weighted by molar-refractivity contribution is -0.120. The van der Waals surface area contributed by atoms with Crippen molar-refractivity contribution in [2.24, 2.45) is 5.10 Å². The smallest absolute Gasteiger partial charge is 0.268 e. The summed E-state index contributed by atoms with van der Waals surface area (Å²) < 4.78 is 7.48. The molecule has 226 valence electrons. The molecule has 1 atom stereocenters. The molecule has 2 aliphatic rings. The van der Waals surface area contributed by atoms with Crippen molar-refractivity contribution < 1.29 is 14.3 Å². The highest BCUT2D eigenvalue weighted by Gasteiger charge is 2.42. The molecule has 0 bridgehead atoms. The van der Waals surface area contributed by atoms with E-state index in [1.807, 2.05) is 93.6 Å². The minimum absolute atomic E-state index is 0.0745. The van der Waals surface area contributed by atoms with Crippen LogP contribution in [-0.2, 0) is 9.59 Å². The number of ether oxygens (including phenoxy) is 1. The molecule has 1 fully saturated rings. The maximum absolute atomic E-state index is 13.9. The van der Waals surface area contributed by atoms with Crippen LogP contribution in [0.1, 0.15) is 30.9 Å². The molecule has 0 radical (unpaired) electrons. The van der Waals surface area contributed by atoms with Crippen LogP contribution in [0.25, 0.3) is 5.69 Å². The molecule has 0 aliphatic carbocycles.